The van der Waals surface area contributed by atoms with Gasteiger partial charge >= 0.3 is 0 Å². The molecule has 8 nitrogen and oxygen atoms in total. The van der Waals surface area contributed by atoms with Gasteiger partial charge < -0.3 is 24.9 Å². The van der Waals surface area contributed by atoms with Crippen LogP contribution in [0.1, 0.15) is 109 Å². The first-order valence-electron chi connectivity index (χ1n) is 18.1. The van der Waals surface area contributed by atoms with E-state index in [1.807, 2.05) is 52.3 Å². The van der Waals surface area contributed by atoms with Crippen molar-refractivity contribution in [3.63, 3.8) is 0 Å². The number of anilines is 2. The van der Waals surface area contributed by atoms with E-state index in [0.717, 1.165) is 70.4 Å². The van der Waals surface area contributed by atoms with Gasteiger partial charge in [-0.05, 0) is 133 Å². The van der Waals surface area contributed by atoms with Crippen molar-refractivity contribution in [3.05, 3.63) is 59.2 Å². The molecular formula is C38H53N5O3. The van der Waals surface area contributed by atoms with Gasteiger partial charge in [0.1, 0.15) is 0 Å². The maximum Gasteiger partial charge on any atom is 0.255 e. The summed E-state index contributed by atoms with van der Waals surface area (Å²) in [5.41, 5.74) is 3.33. The van der Waals surface area contributed by atoms with Crippen LogP contribution >= 0.6 is 0 Å². The number of amides is 2. The Balaban J connectivity index is 1.19. The predicted octanol–water partition coefficient (Wildman–Crippen LogP) is 6.45. The molecule has 2 amide bonds. The Morgan fingerprint density at radius 1 is 0.652 bits per heavy atom. The molecule has 0 bridgehead atoms. The van der Waals surface area contributed by atoms with Crippen LogP contribution in [-0.2, 0) is 0 Å². The zero-order valence-corrected chi connectivity index (χ0v) is 28.0. The lowest BCUT2D eigenvalue weighted by Gasteiger charge is -2.37. The molecule has 4 aliphatic heterocycles. The lowest BCUT2D eigenvalue weighted by Crippen LogP contribution is -2.46. The molecule has 0 radical (unpaired) electrons. The Bertz CT molecular complexity index is 1340. The van der Waals surface area contributed by atoms with Crippen LogP contribution in [0.5, 0.6) is 0 Å². The van der Waals surface area contributed by atoms with Crippen LogP contribution in [0.2, 0.25) is 0 Å². The second kappa shape index (κ2) is 15.1. The van der Waals surface area contributed by atoms with Crippen LogP contribution in [0.3, 0.4) is 0 Å². The summed E-state index contributed by atoms with van der Waals surface area (Å²) in [7, 11) is 0. The van der Waals surface area contributed by atoms with Gasteiger partial charge in [-0.1, -0.05) is 13.8 Å². The summed E-state index contributed by atoms with van der Waals surface area (Å²) in [6.45, 7) is 11.9. The highest BCUT2D eigenvalue weighted by Gasteiger charge is 2.31. The smallest absolute Gasteiger partial charge is 0.255 e. The van der Waals surface area contributed by atoms with Gasteiger partial charge in [-0.25, -0.2) is 0 Å². The second-order valence-corrected chi connectivity index (χ2v) is 13.9. The topological polar surface area (TPSA) is 76.2 Å². The third-order valence-electron chi connectivity index (χ3n) is 11.1. The van der Waals surface area contributed by atoms with Gasteiger partial charge in [0, 0.05) is 61.0 Å². The van der Waals surface area contributed by atoms with Crippen molar-refractivity contribution in [1.29, 1.82) is 0 Å². The molecule has 4 saturated heterocycles. The minimum Gasteiger partial charge on any atom is -0.355 e. The quantitative estimate of drug-likeness (QED) is 0.305. The summed E-state index contributed by atoms with van der Waals surface area (Å²) in [5, 5.41) is 3.47. The summed E-state index contributed by atoms with van der Waals surface area (Å²) in [6, 6.07) is 14.2. The van der Waals surface area contributed by atoms with Gasteiger partial charge in [0.2, 0.25) is 0 Å². The Kier molecular flexibility index (Phi) is 10.7. The fourth-order valence-corrected chi connectivity index (χ4v) is 8.17. The predicted molar refractivity (Wildman–Crippen MR) is 184 cm³/mol. The van der Waals surface area contributed by atoms with Crippen molar-refractivity contribution in [2.24, 2.45) is 5.92 Å². The van der Waals surface area contributed by atoms with Crippen molar-refractivity contribution >= 4 is 29.0 Å². The van der Waals surface area contributed by atoms with E-state index >= 15 is 0 Å². The van der Waals surface area contributed by atoms with Crippen molar-refractivity contribution in [3.8, 4) is 0 Å². The van der Waals surface area contributed by atoms with Gasteiger partial charge in [0.25, 0.3) is 11.8 Å². The second-order valence-electron chi connectivity index (χ2n) is 13.9. The molecule has 4 fully saturated rings. The highest BCUT2D eigenvalue weighted by atomic mass is 16.2. The molecule has 0 aromatic heterocycles. The molecule has 248 valence electrons. The summed E-state index contributed by atoms with van der Waals surface area (Å²) < 4.78 is 0. The SMILES string of the molecule is CCC(CC)C(=O)c1ccc(Nc2cc(C(=O)N3CCC(N4CCCC4)CC3)ccc2C(=O)N2CCC(N3CCCC3)CC2)cc1. The number of piperidine rings is 2. The van der Waals surface area contributed by atoms with Gasteiger partial charge in [0.15, 0.2) is 5.78 Å². The fourth-order valence-electron chi connectivity index (χ4n) is 8.17. The average molecular weight is 628 g/mol. The molecule has 4 heterocycles. The third-order valence-corrected chi connectivity index (χ3v) is 11.1. The normalized spacial score (nSPS) is 20.5. The molecular weight excluding hydrogens is 574 g/mol. The Labute approximate surface area is 275 Å². The van der Waals surface area contributed by atoms with Crippen molar-refractivity contribution in [1.82, 2.24) is 19.6 Å². The largest absolute Gasteiger partial charge is 0.355 e. The van der Waals surface area contributed by atoms with E-state index in [1.54, 1.807) is 0 Å². The number of benzene rings is 2. The van der Waals surface area contributed by atoms with Gasteiger partial charge in [-0.3, -0.25) is 14.4 Å². The molecule has 4 aliphatic rings. The van der Waals surface area contributed by atoms with E-state index in [9.17, 15) is 14.4 Å². The zero-order valence-electron chi connectivity index (χ0n) is 28.0. The molecule has 1 N–H and O–H groups in total. The Morgan fingerprint density at radius 2 is 1.13 bits per heavy atom. The van der Waals surface area contributed by atoms with Crippen LogP contribution in [0.15, 0.2) is 42.5 Å². The van der Waals surface area contributed by atoms with Crippen LogP contribution in [0.4, 0.5) is 11.4 Å². The number of carbonyl (C=O) groups is 3. The maximum absolute atomic E-state index is 14.0. The number of hydrogen-bond donors (Lipinski definition) is 1. The summed E-state index contributed by atoms with van der Waals surface area (Å²) in [4.78, 5) is 49.9. The molecule has 0 unspecified atom stereocenters. The van der Waals surface area contributed by atoms with E-state index in [-0.39, 0.29) is 23.5 Å². The van der Waals surface area contributed by atoms with Gasteiger partial charge in [-0.2, -0.15) is 0 Å². The molecule has 2 aromatic rings. The van der Waals surface area contributed by atoms with Crippen molar-refractivity contribution < 1.29 is 14.4 Å². The van der Waals surface area contributed by atoms with Crippen molar-refractivity contribution in [2.75, 3.05) is 57.7 Å². The highest BCUT2D eigenvalue weighted by molar-refractivity contribution is 6.03. The molecule has 2 aromatic carbocycles. The van der Waals surface area contributed by atoms with E-state index in [2.05, 4.69) is 29.0 Å². The van der Waals surface area contributed by atoms with E-state index < -0.39 is 0 Å². The minimum atomic E-state index is 0.00771. The average Bonchev–Trinajstić information content (AvgIpc) is 3.85. The Morgan fingerprint density at radius 3 is 1.63 bits per heavy atom. The molecule has 0 aliphatic carbocycles. The number of hydrogen-bond acceptors (Lipinski definition) is 6. The molecule has 0 saturated carbocycles. The minimum absolute atomic E-state index is 0.00771. The lowest BCUT2D eigenvalue weighted by molar-refractivity contribution is 0.0633. The number of ketones is 1. The van der Waals surface area contributed by atoms with E-state index in [4.69, 9.17) is 0 Å². The summed E-state index contributed by atoms with van der Waals surface area (Å²) in [6.07, 6.45) is 10.8. The molecule has 8 heteroatoms. The first kappa shape index (κ1) is 32.7. The number of rotatable bonds is 10. The number of likely N-dealkylation sites (tertiary alicyclic amines) is 4. The van der Waals surface area contributed by atoms with Crippen molar-refractivity contribution in [2.45, 2.75) is 90.1 Å². The number of carbonyl (C=O) groups excluding carboxylic acids is 3. The number of nitrogens with zero attached hydrogens (tertiary/aromatic N) is 4. The first-order valence-corrected chi connectivity index (χ1v) is 18.1. The molecule has 46 heavy (non-hydrogen) atoms. The van der Waals surface area contributed by atoms with Crippen LogP contribution in [-0.4, -0.2) is 102 Å². The lowest BCUT2D eigenvalue weighted by atomic mass is 9.93. The van der Waals surface area contributed by atoms with Crippen LogP contribution in [0, 0.1) is 5.92 Å². The molecule has 6 rings (SSSR count). The third kappa shape index (κ3) is 7.33. The first-order chi connectivity index (χ1) is 22.4. The van der Waals surface area contributed by atoms with E-state index in [1.165, 1.54) is 51.9 Å². The summed E-state index contributed by atoms with van der Waals surface area (Å²) >= 11 is 0. The number of Topliss-reactive ketones (excluding diaryl/α,β-unsaturated/α-hetero) is 1. The summed E-state index contributed by atoms with van der Waals surface area (Å²) in [5.74, 6) is 0.236. The van der Waals surface area contributed by atoms with Gasteiger partial charge in [0.05, 0.1) is 11.3 Å². The molecule has 0 atom stereocenters. The van der Waals surface area contributed by atoms with Crippen LogP contribution < -0.4 is 5.32 Å². The molecule has 0 spiro atoms. The standard InChI is InChI=1S/C38H53N5O3/c1-3-28(4-2)36(44)29-9-12-31(13-10-29)39-35-27-30(37(45)42-23-15-32(16-24-42)40-19-5-6-20-40)11-14-34(35)38(46)43-25-17-33(18-26-43)41-21-7-8-22-41/h9-14,27-28,32-33,39H,3-8,15-26H2,1-2H3. The zero-order chi connectivity index (χ0) is 32.0. The fraction of sp³-hybridized carbons (Fsp3) is 0.605. The monoisotopic (exact) mass is 627 g/mol. The maximum atomic E-state index is 14.0. The highest BCUT2D eigenvalue weighted by Crippen LogP contribution is 2.29. The van der Waals surface area contributed by atoms with Gasteiger partial charge in [-0.15, -0.1) is 0 Å². The Hall–Kier alpha value is -3.23. The van der Waals surface area contributed by atoms with E-state index in [0.29, 0.717) is 34.5 Å². The van der Waals surface area contributed by atoms with Crippen LogP contribution in [0.25, 0.3) is 0 Å². The number of nitrogens with one attached hydrogen (secondary N) is 1.